The highest BCUT2D eigenvalue weighted by Gasteiger charge is 2.49. The molecule has 1 unspecified atom stereocenters. The lowest BCUT2D eigenvalue weighted by Crippen LogP contribution is -2.61. The van der Waals surface area contributed by atoms with Gasteiger partial charge in [-0.3, -0.25) is 14.4 Å². The maximum absolute atomic E-state index is 13.1. The number of amides is 2. The molecular weight excluding hydrogens is 487 g/mol. The molecule has 202 valence electrons. The highest BCUT2D eigenvalue weighted by molar-refractivity contribution is 6.00. The molecular formula is C27H34F3N3O4. The second kappa shape index (κ2) is 10.3. The third-order valence-corrected chi connectivity index (χ3v) is 7.19. The number of rotatable bonds is 6. The van der Waals surface area contributed by atoms with Crippen molar-refractivity contribution >= 4 is 11.8 Å². The van der Waals surface area contributed by atoms with E-state index >= 15 is 0 Å². The summed E-state index contributed by atoms with van der Waals surface area (Å²) in [7, 11) is 3.21. The van der Waals surface area contributed by atoms with E-state index in [1.54, 1.807) is 52.2 Å². The number of aliphatic hydroxyl groups is 1. The fourth-order valence-corrected chi connectivity index (χ4v) is 4.84. The Morgan fingerprint density at radius 3 is 2.32 bits per heavy atom. The maximum Gasteiger partial charge on any atom is 0.389 e. The smallest absolute Gasteiger partial charge is 0.387 e. The van der Waals surface area contributed by atoms with Crippen molar-refractivity contribution in [3.05, 3.63) is 58.5 Å². The van der Waals surface area contributed by atoms with E-state index in [-0.39, 0.29) is 32.0 Å². The van der Waals surface area contributed by atoms with E-state index in [2.05, 4.69) is 0 Å². The molecule has 1 saturated heterocycles. The summed E-state index contributed by atoms with van der Waals surface area (Å²) in [6.07, 6.45) is -4.15. The first-order valence-electron chi connectivity index (χ1n) is 12.1. The topological polar surface area (TPSA) is 82.8 Å². The summed E-state index contributed by atoms with van der Waals surface area (Å²) in [4.78, 5) is 41.6. The fourth-order valence-electron chi connectivity index (χ4n) is 4.84. The molecule has 2 aromatic rings. The van der Waals surface area contributed by atoms with Crippen LogP contribution in [0, 0.1) is 11.3 Å². The Morgan fingerprint density at radius 2 is 1.78 bits per heavy atom. The lowest BCUT2D eigenvalue weighted by Gasteiger charge is -2.50. The molecule has 0 bridgehead atoms. The molecule has 1 N–H and O–H groups in total. The van der Waals surface area contributed by atoms with Gasteiger partial charge in [-0.05, 0) is 12.0 Å². The highest BCUT2D eigenvalue weighted by Crippen LogP contribution is 2.41. The third kappa shape index (κ3) is 6.23. The molecule has 1 aromatic carbocycles. The normalized spacial score (nSPS) is 20.4. The predicted molar refractivity (Wildman–Crippen MR) is 134 cm³/mol. The number of hydrogen-bond acceptors (Lipinski definition) is 4. The molecule has 1 fully saturated rings. The Bertz CT molecular complexity index is 1210. The lowest BCUT2D eigenvalue weighted by molar-refractivity contribution is -0.169. The zero-order valence-corrected chi connectivity index (χ0v) is 21.8. The Kier molecular flexibility index (Phi) is 7.93. The second-order valence-electron chi connectivity index (χ2n) is 10.8. The van der Waals surface area contributed by atoms with Gasteiger partial charge in [-0.2, -0.15) is 13.2 Å². The molecule has 0 aliphatic carbocycles. The number of hydrogen-bond donors (Lipinski definition) is 1. The summed E-state index contributed by atoms with van der Waals surface area (Å²) in [5.74, 6) is -2.15. The van der Waals surface area contributed by atoms with Crippen molar-refractivity contribution < 1.29 is 27.9 Å². The molecule has 0 spiro atoms. The minimum absolute atomic E-state index is 0.0326. The SMILES string of the molecule is CC(CC(F)(F)F)C(=O)N1CC[C@@](O)(Cn2cc(C(=O)N(C)C)c(-c3ccccc3)cc2=O)C(C)(C)C1. The van der Waals surface area contributed by atoms with Crippen LogP contribution in [0.15, 0.2) is 47.4 Å². The van der Waals surface area contributed by atoms with E-state index in [1.807, 2.05) is 6.07 Å². The summed E-state index contributed by atoms with van der Waals surface area (Å²) in [6.45, 7) is 4.64. The average Bonchev–Trinajstić information content (AvgIpc) is 2.80. The van der Waals surface area contributed by atoms with Gasteiger partial charge in [0, 0.05) is 56.3 Å². The van der Waals surface area contributed by atoms with Gasteiger partial charge < -0.3 is 19.5 Å². The summed E-state index contributed by atoms with van der Waals surface area (Å²) in [5, 5.41) is 11.7. The summed E-state index contributed by atoms with van der Waals surface area (Å²) in [6, 6.07) is 10.4. The van der Waals surface area contributed by atoms with Crippen molar-refractivity contribution in [2.24, 2.45) is 11.3 Å². The van der Waals surface area contributed by atoms with Crippen LogP contribution >= 0.6 is 0 Å². The van der Waals surface area contributed by atoms with Gasteiger partial charge in [0.15, 0.2) is 0 Å². The number of nitrogens with zero attached hydrogens (tertiary/aromatic N) is 3. The number of halogens is 3. The zero-order chi connectivity index (χ0) is 27.8. The van der Waals surface area contributed by atoms with Crippen LogP contribution in [0.1, 0.15) is 44.0 Å². The van der Waals surface area contributed by atoms with Gasteiger partial charge in [0.1, 0.15) is 0 Å². The second-order valence-corrected chi connectivity index (χ2v) is 10.8. The minimum atomic E-state index is -4.45. The van der Waals surface area contributed by atoms with Gasteiger partial charge in [0.05, 0.1) is 24.1 Å². The van der Waals surface area contributed by atoms with Gasteiger partial charge in [-0.1, -0.05) is 51.1 Å². The Labute approximate surface area is 214 Å². The number of benzene rings is 1. The number of carbonyl (C=O) groups excluding carboxylic acids is 2. The number of aromatic nitrogens is 1. The van der Waals surface area contributed by atoms with Crippen LogP contribution in [0.4, 0.5) is 13.2 Å². The number of piperidine rings is 1. The molecule has 0 radical (unpaired) electrons. The van der Waals surface area contributed by atoms with Crippen molar-refractivity contribution in [1.82, 2.24) is 14.4 Å². The third-order valence-electron chi connectivity index (χ3n) is 7.19. The van der Waals surface area contributed by atoms with Crippen LogP contribution < -0.4 is 5.56 Å². The molecule has 1 aliphatic heterocycles. The quantitative estimate of drug-likeness (QED) is 0.627. The van der Waals surface area contributed by atoms with E-state index < -0.39 is 41.0 Å². The molecule has 1 aromatic heterocycles. The van der Waals surface area contributed by atoms with Crippen molar-refractivity contribution in [2.45, 2.75) is 51.9 Å². The molecule has 2 amide bonds. The number of carbonyl (C=O) groups is 2. The fraction of sp³-hybridized carbons (Fsp3) is 0.519. The summed E-state index contributed by atoms with van der Waals surface area (Å²) < 4.78 is 39.7. The van der Waals surface area contributed by atoms with Crippen LogP contribution in [0.2, 0.25) is 0 Å². The average molecular weight is 522 g/mol. The molecule has 1 aliphatic rings. The van der Waals surface area contributed by atoms with Crippen molar-refractivity contribution in [2.75, 3.05) is 27.2 Å². The van der Waals surface area contributed by atoms with E-state index in [9.17, 15) is 32.7 Å². The molecule has 10 heteroatoms. The first kappa shape index (κ1) is 28.4. The predicted octanol–water partition coefficient (Wildman–Crippen LogP) is 3.80. The van der Waals surface area contributed by atoms with E-state index in [4.69, 9.17) is 0 Å². The minimum Gasteiger partial charge on any atom is -0.387 e. The largest absolute Gasteiger partial charge is 0.389 e. The van der Waals surface area contributed by atoms with Crippen LogP contribution in [0.5, 0.6) is 0 Å². The first-order valence-corrected chi connectivity index (χ1v) is 12.1. The summed E-state index contributed by atoms with van der Waals surface area (Å²) >= 11 is 0. The van der Waals surface area contributed by atoms with Crippen molar-refractivity contribution in [1.29, 1.82) is 0 Å². The van der Waals surface area contributed by atoms with Crippen LogP contribution in [0.25, 0.3) is 11.1 Å². The van der Waals surface area contributed by atoms with Gasteiger partial charge >= 0.3 is 6.18 Å². The number of likely N-dealkylation sites (tertiary alicyclic amines) is 1. The van der Waals surface area contributed by atoms with Crippen molar-refractivity contribution in [3.8, 4) is 11.1 Å². The number of alkyl halides is 3. The van der Waals surface area contributed by atoms with E-state index in [0.717, 1.165) is 0 Å². The monoisotopic (exact) mass is 521 g/mol. The Morgan fingerprint density at radius 1 is 1.16 bits per heavy atom. The Hall–Kier alpha value is -3.14. The standard InChI is InChI=1S/C27H34F3N3O4/c1-18(14-27(28,29)30)23(35)32-12-11-26(37,25(2,3)16-32)17-33-15-21(24(36)31(4)5)20(13-22(33)34)19-9-7-6-8-10-19/h6-10,13,15,18,37H,11-12,14,16-17H2,1-5H3/t18?,26-/m1/s1. The number of pyridine rings is 1. The molecule has 2 atom stereocenters. The summed E-state index contributed by atoms with van der Waals surface area (Å²) in [5.41, 5.74) is -1.32. The Balaban J connectivity index is 1.91. The zero-order valence-electron chi connectivity index (χ0n) is 21.8. The van der Waals surface area contributed by atoms with Gasteiger partial charge in [0.2, 0.25) is 5.91 Å². The van der Waals surface area contributed by atoms with E-state index in [1.165, 1.54) is 33.6 Å². The van der Waals surface area contributed by atoms with Gasteiger partial charge in [0.25, 0.3) is 11.5 Å². The van der Waals surface area contributed by atoms with Crippen LogP contribution in [0.3, 0.4) is 0 Å². The van der Waals surface area contributed by atoms with Crippen LogP contribution in [-0.2, 0) is 11.3 Å². The van der Waals surface area contributed by atoms with Gasteiger partial charge in [-0.25, -0.2) is 0 Å². The van der Waals surface area contributed by atoms with E-state index in [0.29, 0.717) is 16.7 Å². The molecule has 3 rings (SSSR count). The highest BCUT2D eigenvalue weighted by atomic mass is 19.4. The first-order chi connectivity index (χ1) is 17.0. The van der Waals surface area contributed by atoms with Crippen LogP contribution in [-0.4, -0.2) is 70.3 Å². The lowest BCUT2D eigenvalue weighted by atomic mass is 9.69. The maximum atomic E-state index is 13.1. The molecule has 7 nitrogen and oxygen atoms in total. The van der Waals surface area contributed by atoms with Crippen molar-refractivity contribution in [3.63, 3.8) is 0 Å². The van der Waals surface area contributed by atoms with Gasteiger partial charge in [-0.15, -0.1) is 0 Å². The molecule has 0 saturated carbocycles. The molecule has 2 heterocycles. The molecule has 37 heavy (non-hydrogen) atoms.